The molecule has 4 aromatic rings. The minimum absolute atomic E-state index is 0.0141. The van der Waals surface area contributed by atoms with Gasteiger partial charge in [-0.05, 0) is 85.1 Å². The number of carbonyl (C=O) groups is 1. The van der Waals surface area contributed by atoms with E-state index in [9.17, 15) is 23.3 Å². The number of nitrogens with one attached hydrogen (secondary N) is 1. The molecule has 210 valence electrons. The Hall–Kier alpha value is -5.03. The van der Waals surface area contributed by atoms with E-state index in [0.717, 1.165) is 21.0 Å². The van der Waals surface area contributed by atoms with Gasteiger partial charge in [0.15, 0.2) is 0 Å². The second kappa shape index (κ2) is 12.9. The van der Waals surface area contributed by atoms with Gasteiger partial charge in [0, 0.05) is 12.1 Å². The third-order valence-corrected chi connectivity index (χ3v) is 7.85. The Kier molecular flexibility index (Phi) is 9.10. The van der Waals surface area contributed by atoms with Crippen LogP contribution in [0.25, 0.3) is 0 Å². The molecule has 0 atom stereocenters. The Morgan fingerprint density at radius 2 is 1.66 bits per heavy atom. The van der Waals surface area contributed by atoms with E-state index in [0.29, 0.717) is 17.0 Å². The zero-order chi connectivity index (χ0) is 29.4. The summed E-state index contributed by atoms with van der Waals surface area (Å²) < 4.78 is 33.8. The van der Waals surface area contributed by atoms with E-state index in [4.69, 9.17) is 4.74 Å². The molecule has 11 heteroatoms. The normalized spacial score (nSPS) is 11.3. The number of nitro benzene ring substituents is 1. The van der Waals surface area contributed by atoms with Crippen LogP contribution >= 0.6 is 0 Å². The Bertz CT molecular complexity index is 1660. The number of sulfonamides is 1. The minimum atomic E-state index is -4.02. The lowest BCUT2D eigenvalue weighted by molar-refractivity contribution is -0.384. The lowest BCUT2D eigenvalue weighted by Crippen LogP contribution is -2.40. The fourth-order valence-electron chi connectivity index (χ4n) is 3.98. The van der Waals surface area contributed by atoms with Gasteiger partial charge in [-0.15, -0.1) is 0 Å². The van der Waals surface area contributed by atoms with E-state index in [2.05, 4.69) is 10.5 Å². The number of non-ortho nitro benzene ring substituents is 1. The average Bonchev–Trinajstić information content (AvgIpc) is 2.96. The highest BCUT2D eigenvalue weighted by atomic mass is 32.2. The minimum Gasteiger partial charge on any atom is -0.489 e. The van der Waals surface area contributed by atoms with E-state index in [1.165, 1.54) is 30.5 Å². The van der Waals surface area contributed by atoms with Crippen molar-refractivity contribution >= 4 is 33.5 Å². The fraction of sp³-hybridized carbons (Fsp3) is 0.133. The highest BCUT2D eigenvalue weighted by molar-refractivity contribution is 7.92. The van der Waals surface area contributed by atoms with Crippen LogP contribution < -0.4 is 14.5 Å². The molecule has 0 saturated carbocycles. The summed E-state index contributed by atoms with van der Waals surface area (Å²) in [5.74, 6) is -0.0245. The number of nitrogens with zero attached hydrogens (tertiary/aromatic N) is 3. The predicted molar refractivity (Wildman–Crippen MR) is 156 cm³/mol. The summed E-state index contributed by atoms with van der Waals surface area (Å²) in [5.41, 5.74) is 5.98. The maximum absolute atomic E-state index is 13.5. The van der Waals surface area contributed by atoms with Crippen molar-refractivity contribution in [1.29, 1.82) is 0 Å². The highest BCUT2D eigenvalue weighted by Crippen LogP contribution is 2.27. The molecule has 0 radical (unpaired) electrons. The largest absolute Gasteiger partial charge is 0.489 e. The summed E-state index contributed by atoms with van der Waals surface area (Å²) in [7, 11) is -4.02. The molecule has 4 rings (SSSR count). The molecule has 0 aliphatic rings. The highest BCUT2D eigenvalue weighted by Gasteiger charge is 2.28. The third-order valence-electron chi connectivity index (χ3n) is 6.08. The van der Waals surface area contributed by atoms with Crippen LogP contribution in [0.4, 0.5) is 11.4 Å². The Morgan fingerprint density at radius 3 is 2.29 bits per heavy atom. The fourth-order valence-corrected chi connectivity index (χ4v) is 5.49. The number of hydrogen-bond donors (Lipinski definition) is 1. The maximum Gasteiger partial charge on any atom is 0.269 e. The maximum atomic E-state index is 13.5. The zero-order valence-electron chi connectivity index (χ0n) is 22.4. The van der Waals surface area contributed by atoms with E-state index in [1.54, 1.807) is 73.7 Å². The lowest BCUT2D eigenvalue weighted by Gasteiger charge is -2.25. The SMILES string of the molecule is Cc1ccc(N(CC(=O)NN=Cc2ccc(OCc3ccc([N+](=O)[O-])cc3)cc2)S(=O)(=O)c2ccccc2)c(C)c1. The molecule has 0 heterocycles. The molecule has 0 aromatic heterocycles. The monoisotopic (exact) mass is 572 g/mol. The van der Waals surface area contributed by atoms with Crippen molar-refractivity contribution in [2.24, 2.45) is 5.10 Å². The molecule has 0 bridgehead atoms. The first kappa shape index (κ1) is 29.0. The van der Waals surface area contributed by atoms with Crippen molar-refractivity contribution in [3.05, 3.63) is 129 Å². The van der Waals surface area contributed by atoms with E-state index in [-0.39, 0.29) is 17.2 Å². The van der Waals surface area contributed by atoms with Crippen LogP contribution in [0.15, 0.2) is 107 Å². The van der Waals surface area contributed by atoms with Gasteiger partial charge in [-0.1, -0.05) is 35.9 Å². The zero-order valence-corrected chi connectivity index (χ0v) is 23.2. The number of hydrazone groups is 1. The number of nitro groups is 1. The van der Waals surface area contributed by atoms with Crippen LogP contribution in [0, 0.1) is 24.0 Å². The topological polar surface area (TPSA) is 131 Å². The van der Waals surface area contributed by atoms with Gasteiger partial charge < -0.3 is 4.74 Å². The number of benzene rings is 4. The van der Waals surface area contributed by atoms with Gasteiger partial charge in [-0.3, -0.25) is 19.2 Å². The van der Waals surface area contributed by atoms with E-state index < -0.39 is 27.4 Å². The molecule has 1 amide bonds. The van der Waals surface area contributed by atoms with E-state index in [1.807, 2.05) is 13.0 Å². The number of hydrogen-bond acceptors (Lipinski definition) is 7. The van der Waals surface area contributed by atoms with Gasteiger partial charge in [-0.2, -0.15) is 5.10 Å². The molecule has 41 heavy (non-hydrogen) atoms. The lowest BCUT2D eigenvalue weighted by atomic mass is 10.1. The molecule has 0 spiro atoms. The quantitative estimate of drug-likeness (QED) is 0.150. The summed E-state index contributed by atoms with van der Waals surface area (Å²) in [6, 6.07) is 26.3. The number of carbonyl (C=O) groups excluding carboxylic acids is 1. The first-order valence-electron chi connectivity index (χ1n) is 12.6. The number of amides is 1. The van der Waals surface area contributed by atoms with Crippen LogP contribution in [0.1, 0.15) is 22.3 Å². The van der Waals surface area contributed by atoms with Crippen molar-refractivity contribution in [2.75, 3.05) is 10.8 Å². The first-order valence-corrected chi connectivity index (χ1v) is 14.0. The van der Waals surface area contributed by atoms with Crippen molar-refractivity contribution in [2.45, 2.75) is 25.3 Å². The van der Waals surface area contributed by atoms with Gasteiger partial charge in [0.05, 0.1) is 21.7 Å². The molecule has 0 fully saturated rings. The summed E-state index contributed by atoms with van der Waals surface area (Å²) in [6.07, 6.45) is 1.44. The Morgan fingerprint density at radius 1 is 0.976 bits per heavy atom. The molecule has 0 unspecified atom stereocenters. The molecule has 0 aliphatic carbocycles. The van der Waals surface area contributed by atoms with Gasteiger partial charge in [0.2, 0.25) is 0 Å². The number of rotatable bonds is 11. The van der Waals surface area contributed by atoms with Crippen LogP contribution in [0.5, 0.6) is 5.75 Å². The summed E-state index contributed by atoms with van der Waals surface area (Å²) in [6.45, 7) is 3.48. The van der Waals surface area contributed by atoms with Crippen molar-refractivity contribution in [3.63, 3.8) is 0 Å². The smallest absolute Gasteiger partial charge is 0.269 e. The van der Waals surface area contributed by atoms with Crippen molar-refractivity contribution < 1.29 is 22.9 Å². The average molecular weight is 573 g/mol. The second-order valence-corrected chi connectivity index (χ2v) is 11.1. The molecule has 0 aliphatic heterocycles. The number of ether oxygens (including phenoxy) is 1. The van der Waals surface area contributed by atoms with Gasteiger partial charge in [0.25, 0.3) is 21.6 Å². The molecule has 10 nitrogen and oxygen atoms in total. The first-order chi connectivity index (χ1) is 19.6. The summed E-state index contributed by atoms with van der Waals surface area (Å²) >= 11 is 0. The van der Waals surface area contributed by atoms with Gasteiger partial charge in [-0.25, -0.2) is 13.8 Å². The van der Waals surface area contributed by atoms with Gasteiger partial charge in [0.1, 0.15) is 18.9 Å². The number of anilines is 1. The number of aryl methyl sites for hydroxylation is 2. The Labute approximate surface area is 238 Å². The van der Waals surface area contributed by atoms with Crippen LogP contribution in [0.2, 0.25) is 0 Å². The molecular formula is C30H28N4O6S. The van der Waals surface area contributed by atoms with Gasteiger partial charge >= 0.3 is 0 Å². The summed E-state index contributed by atoms with van der Waals surface area (Å²) in [5, 5.41) is 14.8. The Balaban J connectivity index is 1.39. The van der Waals surface area contributed by atoms with Crippen LogP contribution in [-0.4, -0.2) is 32.0 Å². The molecule has 1 N–H and O–H groups in total. The molecule has 0 saturated heterocycles. The van der Waals surface area contributed by atoms with Crippen LogP contribution in [-0.2, 0) is 21.4 Å². The van der Waals surface area contributed by atoms with Crippen molar-refractivity contribution in [1.82, 2.24) is 5.43 Å². The standard InChI is InChI=1S/C30H28N4O6S/c1-22-8-17-29(23(2)18-22)33(41(38,39)28-6-4-3-5-7-28)20-30(35)32-31-19-24-11-15-27(16-12-24)40-21-25-9-13-26(14-10-25)34(36)37/h3-19H,20-21H2,1-2H3,(H,32,35). The van der Waals surface area contributed by atoms with Crippen molar-refractivity contribution in [3.8, 4) is 5.75 Å². The van der Waals surface area contributed by atoms with Crippen LogP contribution in [0.3, 0.4) is 0 Å². The second-order valence-electron chi connectivity index (χ2n) is 9.19. The molecular weight excluding hydrogens is 544 g/mol. The summed E-state index contributed by atoms with van der Waals surface area (Å²) in [4.78, 5) is 23.2. The predicted octanol–water partition coefficient (Wildman–Crippen LogP) is 5.14. The molecule has 4 aromatic carbocycles. The van der Waals surface area contributed by atoms with E-state index >= 15 is 0 Å². The third kappa shape index (κ3) is 7.55.